The van der Waals surface area contributed by atoms with Gasteiger partial charge in [0.2, 0.25) is 5.43 Å². The fraction of sp³-hybridized carbons (Fsp3) is 0.270. The van der Waals surface area contributed by atoms with Gasteiger partial charge in [0.25, 0.3) is 5.91 Å². The number of benzene rings is 2. The number of rotatable bonds is 7. The van der Waals surface area contributed by atoms with E-state index >= 15 is 4.39 Å². The highest BCUT2D eigenvalue weighted by Crippen LogP contribution is 2.36. The zero-order chi connectivity index (χ0) is 33.4. The highest BCUT2D eigenvalue weighted by atomic mass is 19.1. The van der Waals surface area contributed by atoms with E-state index in [1.54, 1.807) is 23.0 Å². The maximum atomic E-state index is 15.7. The maximum absolute atomic E-state index is 15.7. The number of carbonyl (C=O) groups is 1. The Bertz CT molecular complexity index is 2120. The maximum Gasteiger partial charge on any atom is 0.261 e. The van der Waals surface area contributed by atoms with Crippen LogP contribution in [0.4, 0.5) is 20.3 Å². The lowest BCUT2D eigenvalue weighted by atomic mass is 9.91. The molecule has 0 unspecified atom stereocenters. The van der Waals surface area contributed by atoms with Gasteiger partial charge >= 0.3 is 0 Å². The smallest absolute Gasteiger partial charge is 0.261 e. The van der Waals surface area contributed by atoms with Crippen molar-refractivity contribution in [3.8, 4) is 39.4 Å². The molecule has 48 heavy (non-hydrogen) atoms. The van der Waals surface area contributed by atoms with E-state index in [0.29, 0.717) is 17.2 Å². The Labute approximate surface area is 275 Å². The Morgan fingerprint density at radius 3 is 2.31 bits per heavy atom. The third-order valence-electron chi connectivity index (χ3n) is 9.51. The first-order valence-electron chi connectivity index (χ1n) is 16.2. The van der Waals surface area contributed by atoms with E-state index in [1.807, 2.05) is 10.9 Å². The molecule has 1 amide bonds. The Hall–Kier alpha value is -5.63. The van der Waals surface area contributed by atoms with E-state index in [9.17, 15) is 19.2 Å². The lowest BCUT2D eigenvalue weighted by molar-refractivity contribution is 0.102. The molecule has 0 saturated heterocycles. The number of amides is 1. The van der Waals surface area contributed by atoms with Gasteiger partial charge in [-0.15, -0.1) is 0 Å². The van der Waals surface area contributed by atoms with Gasteiger partial charge in [-0.05, 0) is 74.1 Å². The summed E-state index contributed by atoms with van der Waals surface area (Å²) in [6, 6.07) is 13.6. The number of nitrogens with one attached hydrogen (secondary N) is 1. The van der Waals surface area contributed by atoms with Gasteiger partial charge in [-0.1, -0.05) is 31.4 Å². The highest BCUT2D eigenvalue weighted by Gasteiger charge is 2.28. The second-order valence-corrected chi connectivity index (χ2v) is 12.5. The zero-order valence-electron chi connectivity index (χ0n) is 26.1. The normalized spacial score (nSPS) is 15.1. The van der Waals surface area contributed by atoms with Crippen molar-refractivity contribution in [3.63, 3.8) is 0 Å². The summed E-state index contributed by atoms with van der Waals surface area (Å²) in [5.74, 6) is -1.75. The molecule has 2 saturated carbocycles. The second-order valence-electron chi connectivity index (χ2n) is 12.5. The average Bonchev–Trinajstić information content (AvgIpc) is 3.56. The predicted molar refractivity (Wildman–Crippen MR) is 179 cm³/mol. The minimum Gasteiger partial charge on any atom is -0.383 e. The Morgan fingerprint density at radius 2 is 1.62 bits per heavy atom. The summed E-state index contributed by atoms with van der Waals surface area (Å²) in [5, 5.41) is 17.3. The number of carbonyl (C=O) groups excluding carboxylic acids is 1. The van der Waals surface area contributed by atoms with Crippen LogP contribution >= 0.6 is 0 Å². The van der Waals surface area contributed by atoms with E-state index in [2.05, 4.69) is 21.5 Å². The van der Waals surface area contributed by atoms with E-state index < -0.39 is 23.0 Å². The number of nitrogens with two attached hydrogens (primary N) is 1. The molecule has 5 aromatic rings. The first-order chi connectivity index (χ1) is 23.3. The summed E-state index contributed by atoms with van der Waals surface area (Å²) in [4.78, 5) is 31.6. The van der Waals surface area contributed by atoms with Crippen molar-refractivity contribution in [1.29, 1.82) is 5.26 Å². The number of hydrogen-bond acceptors (Lipinski definition) is 6. The van der Waals surface area contributed by atoms with Crippen LogP contribution in [0.1, 0.15) is 79.5 Å². The molecule has 0 aliphatic heterocycles. The number of nitrogen functional groups attached to an aromatic ring is 1. The molecule has 7 rings (SSSR count). The summed E-state index contributed by atoms with van der Waals surface area (Å²) in [6.07, 6.45) is 15.1. The fourth-order valence-electron chi connectivity index (χ4n) is 6.64. The number of nitriles is 1. The SMILES string of the molecule is N#Cc1c(-c2ccc(F)cc2)c(=O)c(C(=O)Nc2ccc(-c3cc(-c4cnn(C5CCCCC5)c4)cnc3N)c(F)c2)cn1C1CCC1. The van der Waals surface area contributed by atoms with Crippen molar-refractivity contribution >= 4 is 17.4 Å². The molecular weight excluding hydrogens is 612 g/mol. The molecule has 2 fully saturated rings. The fourth-order valence-corrected chi connectivity index (χ4v) is 6.64. The van der Waals surface area contributed by atoms with Crippen LogP contribution in [0.25, 0.3) is 33.4 Å². The Morgan fingerprint density at radius 1 is 0.875 bits per heavy atom. The van der Waals surface area contributed by atoms with Gasteiger partial charge in [-0.3, -0.25) is 14.3 Å². The van der Waals surface area contributed by atoms with E-state index in [4.69, 9.17) is 5.73 Å². The molecule has 11 heteroatoms. The zero-order valence-corrected chi connectivity index (χ0v) is 26.1. The molecule has 3 aromatic heterocycles. The third kappa shape index (κ3) is 5.86. The predicted octanol–water partition coefficient (Wildman–Crippen LogP) is 7.66. The number of nitrogens with zero attached hydrogens (tertiary/aromatic N) is 5. The van der Waals surface area contributed by atoms with E-state index in [-0.39, 0.29) is 39.9 Å². The van der Waals surface area contributed by atoms with Crippen LogP contribution in [0.15, 0.2) is 78.1 Å². The number of aromatic nitrogens is 4. The summed E-state index contributed by atoms with van der Waals surface area (Å²) in [7, 11) is 0. The summed E-state index contributed by atoms with van der Waals surface area (Å²) < 4.78 is 33.0. The minimum atomic E-state index is -0.758. The standard InChI is InChI=1S/C37H33F2N7O2/c38-25-11-9-22(10-12-25)34-33(17-40)45(27-7-4-8-27)21-31(35(34)47)37(48)44-26-13-14-29(32(39)16-26)30-15-23(18-42-36(30)41)24-19-43-46(20-24)28-5-2-1-3-6-28/h9-16,18-21,27-28H,1-8H2,(H2,41,42)(H,44,48). The first-order valence-corrected chi connectivity index (χ1v) is 16.2. The van der Waals surface area contributed by atoms with Gasteiger partial charge < -0.3 is 15.6 Å². The van der Waals surface area contributed by atoms with Crippen molar-refractivity contribution in [3.05, 3.63) is 106 Å². The molecule has 2 aromatic carbocycles. The Kier molecular flexibility index (Phi) is 8.31. The van der Waals surface area contributed by atoms with Crippen LogP contribution in [0.2, 0.25) is 0 Å². The number of anilines is 2. The topological polar surface area (TPSA) is 132 Å². The van der Waals surface area contributed by atoms with Crippen molar-refractivity contribution in [2.45, 2.75) is 63.5 Å². The number of pyridine rings is 2. The van der Waals surface area contributed by atoms with Gasteiger partial charge in [-0.2, -0.15) is 10.4 Å². The van der Waals surface area contributed by atoms with Crippen LogP contribution in [0.3, 0.4) is 0 Å². The largest absolute Gasteiger partial charge is 0.383 e. The summed E-state index contributed by atoms with van der Waals surface area (Å²) in [6.45, 7) is 0. The van der Waals surface area contributed by atoms with Gasteiger partial charge in [-0.25, -0.2) is 13.8 Å². The Balaban J connectivity index is 1.18. The molecule has 0 spiro atoms. The van der Waals surface area contributed by atoms with Crippen molar-refractivity contribution in [2.24, 2.45) is 0 Å². The van der Waals surface area contributed by atoms with Crippen LogP contribution < -0.4 is 16.5 Å². The molecule has 3 N–H and O–H groups in total. The summed E-state index contributed by atoms with van der Waals surface area (Å²) >= 11 is 0. The van der Waals surface area contributed by atoms with Crippen molar-refractivity contribution in [2.75, 3.05) is 11.1 Å². The van der Waals surface area contributed by atoms with Crippen LogP contribution in [-0.2, 0) is 0 Å². The molecule has 0 bridgehead atoms. The summed E-state index contributed by atoms with van der Waals surface area (Å²) in [5.41, 5.74) is 8.09. The number of halogens is 2. The molecule has 242 valence electrons. The molecule has 0 radical (unpaired) electrons. The highest BCUT2D eigenvalue weighted by molar-refractivity contribution is 6.05. The second kappa shape index (κ2) is 12.9. The molecule has 0 atom stereocenters. The van der Waals surface area contributed by atoms with E-state index in [1.165, 1.54) is 61.9 Å². The van der Waals surface area contributed by atoms with Crippen LogP contribution in [0.5, 0.6) is 0 Å². The lowest BCUT2D eigenvalue weighted by Crippen LogP contribution is -2.29. The van der Waals surface area contributed by atoms with Gasteiger partial charge in [0.05, 0.1) is 17.8 Å². The van der Waals surface area contributed by atoms with Crippen LogP contribution in [0, 0.1) is 23.0 Å². The monoisotopic (exact) mass is 645 g/mol. The van der Waals surface area contributed by atoms with Crippen LogP contribution in [-0.4, -0.2) is 25.2 Å². The molecule has 9 nitrogen and oxygen atoms in total. The van der Waals surface area contributed by atoms with Gasteiger partial charge in [0.1, 0.15) is 34.8 Å². The molecule has 3 heterocycles. The number of hydrogen-bond donors (Lipinski definition) is 2. The molecule has 2 aliphatic carbocycles. The average molecular weight is 646 g/mol. The van der Waals surface area contributed by atoms with Gasteiger partial charge in [0, 0.05) is 52.6 Å². The minimum absolute atomic E-state index is 0.0192. The van der Waals surface area contributed by atoms with E-state index in [0.717, 1.165) is 49.3 Å². The van der Waals surface area contributed by atoms with Crippen molar-refractivity contribution in [1.82, 2.24) is 19.3 Å². The van der Waals surface area contributed by atoms with Crippen molar-refractivity contribution < 1.29 is 13.6 Å². The van der Waals surface area contributed by atoms with Gasteiger partial charge in [0.15, 0.2) is 0 Å². The quantitative estimate of drug-likeness (QED) is 0.187. The molecule has 2 aliphatic rings. The molecular formula is C37H33F2N7O2. The first kappa shape index (κ1) is 31.0. The lowest BCUT2D eigenvalue weighted by Gasteiger charge is -2.30. The third-order valence-corrected chi connectivity index (χ3v) is 9.51.